The van der Waals surface area contributed by atoms with Crippen molar-refractivity contribution in [3.05, 3.63) is 64.7 Å². The predicted octanol–water partition coefficient (Wildman–Crippen LogP) is 1.89. The third-order valence-corrected chi connectivity index (χ3v) is 5.15. The first kappa shape index (κ1) is 13.6. The fraction of sp³-hybridized carbons (Fsp3) is 0.133. The number of aromatic nitrogens is 2. The highest BCUT2D eigenvalue weighted by Gasteiger charge is 2.20. The van der Waals surface area contributed by atoms with Crippen LogP contribution in [0.3, 0.4) is 0 Å². The summed E-state index contributed by atoms with van der Waals surface area (Å²) in [4.78, 5) is 12.4. The average molecular weight is 302 g/mol. The molecule has 0 amide bonds. The number of hydrogen-bond acceptors (Lipinski definition) is 3. The largest absolute Gasteiger partial charge is 0.317 e. The molecule has 3 aromatic rings. The van der Waals surface area contributed by atoms with E-state index in [0.717, 1.165) is 9.54 Å². The number of hydrogen-bond donors (Lipinski definition) is 0. The lowest BCUT2D eigenvalue weighted by atomic mass is 10.2. The molecule has 0 N–H and O–H groups in total. The summed E-state index contributed by atoms with van der Waals surface area (Å²) in [5, 5.41) is 0.605. The smallest absolute Gasteiger partial charge is 0.275 e. The Hall–Kier alpha value is -2.34. The van der Waals surface area contributed by atoms with Gasteiger partial charge >= 0.3 is 0 Å². The molecule has 3 rings (SSSR count). The van der Waals surface area contributed by atoms with E-state index in [1.54, 1.807) is 49.6 Å². The maximum Gasteiger partial charge on any atom is 0.275 e. The van der Waals surface area contributed by atoms with E-state index in [1.165, 1.54) is 10.8 Å². The lowest BCUT2D eigenvalue weighted by molar-refractivity contribution is 0.589. The SMILES string of the molecule is Cc1ccc(S(=O)(=O)n2ccc3ccn(C)c(=O)c32)cc1. The molecule has 0 spiro atoms. The van der Waals surface area contributed by atoms with Gasteiger partial charge in [-0.2, -0.15) is 0 Å². The summed E-state index contributed by atoms with van der Waals surface area (Å²) in [5.41, 5.74) is 0.802. The van der Waals surface area contributed by atoms with Gasteiger partial charge in [-0.1, -0.05) is 17.7 Å². The normalized spacial score (nSPS) is 11.9. The van der Waals surface area contributed by atoms with Crippen LogP contribution in [-0.4, -0.2) is 17.0 Å². The summed E-state index contributed by atoms with van der Waals surface area (Å²) < 4.78 is 27.8. The summed E-state index contributed by atoms with van der Waals surface area (Å²) in [6, 6.07) is 9.90. The molecule has 0 unspecified atom stereocenters. The molecule has 0 radical (unpaired) electrons. The van der Waals surface area contributed by atoms with Crippen LogP contribution in [0, 0.1) is 6.92 Å². The summed E-state index contributed by atoms with van der Waals surface area (Å²) in [6.07, 6.45) is 3.04. The Morgan fingerprint density at radius 2 is 1.57 bits per heavy atom. The van der Waals surface area contributed by atoms with E-state index in [2.05, 4.69) is 0 Å². The van der Waals surface area contributed by atoms with Crippen molar-refractivity contribution >= 4 is 20.9 Å². The highest BCUT2D eigenvalue weighted by molar-refractivity contribution is 7.90. The van der Waals surface area contributed by atoms with Crippen molar-refractivity contribution < 1.29 is 8.42 Å². The molecule has 0 aliphatic carbocycles. The van der Waals surface area contributed by atoms with Crippen LogP contribution in [0.15, 0.2) is 58.5 Å². The van der Waals surface area contributed by atoms with Gasteiger partial charge in [0.1, 0.15) is 5.52 Å². The second-order valence-electron chi connectivity index (χ2n) is 4.97. The van der Waals surface area contributed by atoms with Gasteiger partial charge in [0.15, 0.2) is 0 Å². The van der Waals surface area contributed by atoms with Crippen LogP contribution in [0.1, 0.15) is 5.56 Å². The molecule has 0 aliphatic heterocycles. The zero-order valence-corrected chi connectivity index (χ0v) is 12.5. The predicted molar refractivity (Wildman–Crippen MR) is 80.9 cm³/mol. The van der Waals surface area contributed by atoms with E-state index in [4.69, 9.17) is 0 Å². The van der Waals surface area contributed by atoms with Gasteiger partial charge < -0.3 is 4.57 Å². The lowest BCUT2D eigenvalue weighted by Gasteiger charge is -2.08. The molecular formula is C15H14N2O3S. The van der Waals surface area contributed by atoms with Crippen LogP contribution >= 0.6 is 0 Å². The molecule has 0 saturated carbocycles. The Labute approximate surface area is 122 Å². The third-order valence-electron chi connectivity index (χ3n) is 3.46. The Bertz CT molecular complexity index is 980. The van der Waals surface area contributed by atoms with E-state index < -0.39 is 10.0 Å². The summed E-state index contributed by atoms with van der Waals surface area (Å²) in [6.45, 7) is 1.89. The van der Waals surface area contributed by atoms with Gasteiger partial charge in [-0.15, -0.1) is 0 Å². The zero-order chi connectivity index (χ0) is 15.2. The van der Waals surface area contributed by atoms with Crippen molar-refractivity contribution in [2.75, 3.05) is 0 Å². The molecule has 2 heterocycles. The third kappa shape index (κ3) is 2.08. The Morgan fingerprint density at radius 3 is 2.24 bits per heavy atom. The van der Waals surface area contributed by atoms with Crippen molar-refractivity contribution in [1.82, 2.24) is 8.54 Å². The highest BCUT2D eigenvalue weighted by Crippen LogP contribution is 2.20. The van der Waals surface area contributed by atoms with Crippen LogP contribution in [0.25, 0.3) is 10.9 Å². The van der Waals surface area contributed by atoms with Crippen molar-refractivity contribution in [2.24, 2.45) is 7.05 Å². The Morgan fingerprint density at radius 1 is 0.952 bits per heavy atom. The van der Waals surface area contributed by atoms with E-state index in [1.807, 2.05) is 6.92 Å². The zero-order valence-electron chi connectivity index (χ0n) is 11.6. The van der Waals surface area contributed by atoms with Gasteiger partial charge in [0, 0.05) is 24.8 Å². The van der Waals surface area contributed by atoms with Crippen LogP contribution in [0.2, 0.25) is 0 Å². The van der Waals surface area contributed by atoms with Crippen LogP contribution in [-0.2, 0) is 17.1 Å². The maximum absolute atomic E-state index is 12.7. The van der Waals surface area contributed by atoms with Crippen LogP contribution < -0.4 is 5.56 Å². The van der Waals surface area contributed by atoms with Crippen molar-refractivity contribution in [3.8, 4) is 0 Å². The molecule has 0 atom stereocenters. The average Bonchev–Trinajstić information content (AvgIpc) is 2.89. The van der Waals surface area contributed by atoms with Gasteiger partial charge in [0.2, 0.25) is 0 Å². The number of fused-ring (bicyclic) bond motifs is 1. The fourth-order valence-corrected chi connectivity index (χ4v) is 3.58. The highest BCUT2D eigenvalue weighted by atomic mass is 32.2. The number of rotatable bonds is 2. The van der Waals surface area contributed by atoms with E-state index in [0.29, 0.717) is 5.39 Å². The van der Waals surface area contributed by atoms with Crippen LogP contribution in [0.5, 0.6) is 0 Å². The first-order chi connectivity index (χ1) is 9.91. The van der Waals surface area contributed by atoms with Gasteiger partial charge in [0.25, 0.3) is 15.6 Å². The minimum absolute atomic E-state index is 0.163. The number of pyridine rings is 1. The van der Waals surface area contributed by atoms with Crippen molar-refractivity contribution in [1.29, 1.82) is 0 Å². The minimum Gasteiger partial charge on any atom is -0.317 e. The first-order valence-corrected chi connectivity index (χ1v) is 7.84. The quantitative estimate of drug-likeness (QED) is 0.726. The molecule has 21 heavy (non-hydrogen) atoms. The van der Waals surface area contributed by atoms with Crippen LogP contribution in [0.4, 0.5) is 0 Å². The number of nitrogens with zero attached hydrogens (tertiary/aromatic N) is 2. The first-order valence-electron chi connectivity index (χ1n) is 6.40. The summed E-state index contributed by atoms with van der Waals surface area (Å²) in [7, 11) is -2.18. The van der Waals surface area contributed by atoms with Gasteiger partial charge in [-0.3, -0.25) is 4.79 Å². The maximum atomic E-state index is 12.7. The summed E-state index contributed by atoms with van der Waals surface area (Å²) in [5.74, 6) is 0. The standard InChI is InChI=1S/C15H14N2O3S/c1-11-3-5-13(6-4-11)21(19,20)17-10-8-12-7-9-16(2)15(18)14(12)17/h3-10H,1-2H3. The van der Waals surface area contributed by atoms with E-state index >= 15 is 0 Å². The van der Waals surface area contributed by atoms with Gasteiger partial charge in [-0.05, 0) is 31.2 Å². The topological polar surface area (TPSA) is 61.1 Å². The Kier molecular flexibility index (Phi) is 2.98. The second-order valence-corrected chi connectivity index (χ2v) is 6.78. The Balaban J connectivity index is 2.32. The minimum atomic E-state index is -3.77. The monoisotopic (exact) mass is 302 g/mol. The number of benzene rings is 1. The molecule has 108 valence electrons. The molecule has 1 aromatic carbocycles. The number of aryl methyl sites for hydroxylation is 2. The molecule has 0 bridgehead atoms. The molecule has 0 saturated heterocycles. The lowest BCUT2D eigenvalue weighted by Crippen LogP contribution is -2.21. The van der Waals surface area contributed by atoms with E-state index in [-0.39, 0.29) is 16.0 Å². The molecular weight excluding hydrogens is 288 g/mol. The summed E-state index contributed by atoms with van der Waals surface area (Å²) >= 11 is 0. The van der Waals surface area contributed by atoms with Gasteiger partial charge in [0.05, 0.1) is 4.90 Å². The molecule has 2 aromatic heterocycles. The fourth-order valence-electron chi connectivity index (χ4n) is 2.23. The van der Waals surface area contributed by atoms with Crippen molar-refractivity contribution in [3.63, 3.8) is 0 Å². The molecule has 0 aliphatic rings. The van der Waals surface area contributed by atoms with Gasteiger partial charge in [-0.25, -0.2) is 12.4 Å². The van der Waals surface area contributed by atoms with Crippen molar-refractivity contribution in [2.45, 2.75) is 11.8 Å². The second kappa shape index (κ2) is 4.60. The molecule has 5 nitrogen and oxygen atoms in total. The molecule has 6 heteroatoms. The molecule has 0 fully saturated rings. The van der Waals surface area contributed by atoms with E-state index in [9.17, 15) is 13.2 Å².